The fraction of sp³-hybridized carbons (Fsp3) is 0.522. The van der Waals surface area contributed by atoms with Crippen LogP contribution in [0.3, 0.4) is 0 Å². The van der Waals surface area contributed by atoms with Crippen molar-refractivity contribution in [3.63, 3.8) is 0 Å². The van der Waals surface area contributed by atoms with Crippen LogP contribution in [-0.4, -0.2) is 55.5 Å². The molecular weight excluding hydrogens is 374 g/mol. The highest BCUT2D eigenvalue weighted by Crippen LogP contribution is 2.47. The highest BCUT2D eigenvalue weighted by Gasteiger charge is 2.51. The minimum Gasteiger partial charge on any atom is -0.367 e. The lowest BCUT2D eigenvalue weighted by Crippen LogP contribution is -2.61. The van der Waals surface area contributed by atoms with Crippen molar-refractivity contribution in [1.29, 1.82) is 5.26 Å². The zero-order chi connectivity index (χ0) is 20.5. The molecule has 1 aliphatic carbocycles. The van der Waals surface area contributed by atoms with Gasteiger partial charge in [0.2, 0.25) is 0 Å². The van der Waals surface area contributed by atoms with Gasteiger partial charge in [0.1, 0.15) is 0 Å². The molecule has 0 N–H and O–H groups in total. The minimum atomic E-state index is -0.104. The van der Waals surface area contributed by atoms with Crippen molar-refractivity contribution < 1.29 is 0 Å². The minimum absolute atomic E-state index is 0.104. The second-order valence-electron chi connectivity index (χ2n) is 9.65. The maximum atomic E-state index is 9.40. The van der Waals surface area contributed by atoms with E-state index in [1.807, 2.05) is 34.8 Å². The van der Waals surface area contributed by atoms with Crippen LogP contribution < -0.4 is 4.90 Å². The fourth-order valence-electron chi connectivity index (χ4n) is 6.01. The summed E-state index contributed by atoms with van der Waals surface area (Å²) in [5.74, 6) is 0. The molecule has 6 rings (SSSR count). The summed E-state index contributed by atoms with van der Waals surface area (Å²) < 4.78 is 3.83. The topological polar surface area (TPSA) is 65.4 Å². The van der Waals surface area contributed by atoms with Crippen LogP contribution in [0.25, 0.3) is 16.6 Å². The largest absolute Gasteiger partial charge is 0.367 e. The first kappa shape index (κ1) is 18.0. The number of piperazine rings is 1. The van der Waals surface area contributed by atoms with Gasteiger partial charge in [-0.2, -0.15) is 15.5 Å². The summed E-state index contributed by atoms with van der Waals surface area (Å²) in [5.41, 5.74) is 4.59. The third-order valence-corrected chi connectivity index (χ3v) is 7.47. The lowest BCUT2D eigenvalue weighted by Gasteiger charge is -2.52. The molecule has 2 aliphatic heterocycles. The zero-order valence-electron chi connectivity index (χ0n) is 17.6. The van der Waals surface area contributed by atoms with E-state index in [0.717, 1.165) is 42.6 Å². The third kappa shape index (κ3) is 2.67. The number of nitriles is 1. The second kappa shape index (κ2) is 6.32. The van der Waals surface area contributed by atoms with E-state index in [-0.39, 0.29) is 5.41 Å². The molecule has 2 saturated heterocycles. The number of anilines is 1. The first-order chi connectivity index (χ1) is 14.5. The molecule has 3 aromatic rings. The van der Waals surface area contributed by atoms with E-state index in [1.165, 1.54) is 18.5 Å². The lowest BCUT2D eigenvalue weighted by molar-refractivity contribution is 0.00679. The van der Waals surface area contributed by atoms with E-state index >= 15 is 0 Å². The molecule has 0 amide bonds. The van der Waals surface area contributed by atoms with E-state index in [0.29, 0.717) is 18.1 Å². The molecule has 7 heteroatoms. The summed E-state index contributed by atoms with van der Waals surface area (Å²) in [6, 6.07) is 8.70. The monoisotopic (exact) mass is 401 g/mol. The standard InChI is InChI=1S/C23H27N7/c1-23(15-24)8-20(9-23)30-18-3-4-19(30)14-28(13-18)21-5-6-25-29-12-16(7-22(21)29)17-10-26-27(2)11-17/h5-7,10-12,18-20H,3-4,8-9,13-14H2,1-2H3. The predicted molar refractivity (Wildman–Crippen MR) is 115 cm³/mol. The molecule has 2 atom stereocenters. The Balaban J connectivity index is 1.27. The number of hydrogen-bond acceptors (Lipinski definition) is 5. The molecule has 3 aromatic heterocycles. The van der Waals surface area contributed by atoms with Gasteiger partial charge in [-0.15, -0.1) is 0 Å². The third-order valence-electron chi connectivity index (χ3n) is 7.47. The number of fused-ring (bicyclic) bond motifs is 3. The van der Waals surface area contributed by atoms with Crippen LogP contribution in [0.2, 0.25) is 0 Å². The lowest BCUT2D eigenvalue weighted by atomic mass is 9.67. The zero-order valence-corrected chi connectivity index (χ0v) is 17.6. The summed E-state index contributed by atoms with van der Waals surface area (Å²) in [7, 11) is 1.94. The quantitative estimate of drug-likeness (QED) is 0.675. The Morgan fingerprint density at radius 3 is 2.50 bits per heavy atom. The van der Waals surface area contributed by atoms with Crippen LogP contribution in [0.1, 0.15) is 32.6 Å². The Hall–Kier alpha value is -2.85. The highest BCUT2D eigenvalue weighted by molar-refractivity contribution is 5.79. The van der Waals surface area contributed by atoms with Crippen LogP contribution in [0.5, 0.6) is 0 Å². The van der Waals surface area contributed by atoms with E-state index in [9.17, 15) is 5.26 Å². The maximum absolute atomic E-state index is 9.40. The summed E-state index contributed by atoms with van der Waals surface area (Å²) >= 11 is 0. The van der Waals surface area contributed by atoms with Crippen LogP contribution in [0.4, 0.5) is 5.69 Å². The second-order valence-corrected chi connectivity index (χ2v) is 9.65. The number of aromatic nitrogens is 4. The van der Waals surface area contributed by atoms with E-state index < -0.39 is 0 Å². The van der Waals surface area contributed by atoms with Crippen molar-refractivity contribution in [3.05, 3.63) is 36.9 Å². The van der Waals surface area contributed by atoms with Gasteiger partial charge in [0, 0.05) is 68.0 Å². The Bertz CT molecular complexity index is 1130. The van der Waals surface area contributed by atoms with Crippen molar-refractivity contribution in [3.8, 4) is 17.2 Å². The normalized spacial score (nSPS) is 31.1. The van der Waals surface area contributed by atoms with Gasteiger partial charge in [-0.25, -0.2) is 4.52 Å². The SMILES string of the molecule is Cn1cc(-c2cc3c(N4CC5CCC(C4)N5C4CC(C)(C#N)C4)ccnn3c2)cn1. The molecule has 154 valence electrons. The summed E-state index contributed by atoms with van der Waals surface area (Å²) in [5, 5.41) is 18.3. The van der Waals surface area contributed by atoms with E-state index in [1.54, 1.807) is 0 Å². The number of aryl methyl sites for hydroxylation is 1. The first-order valence-electron chi connectivity index (χ1n) is 10.9. The van der Waals surface area contributed by atoms with Gasteiger partial charge in [0.25, 0.3) is 0 Å². The molecule has 2 bridgehead atoms. The summed E-state index contributed by atoms with van der Waals surface area (Å²) in [6.45, 7) is 4.23. The molecule has 3 aliphatic rings. The Morgan fingerprint density at radius 2 is 1.83 bits per heavy atom. The van der Waals surface area contributed by atoms with Crippen molar-refractivity contribution in [2.45, 2.75) is 50.7 Å². The van der Waals surface area contributed by atoms with Crippen molar-refractivity contribution >= 4 is 11.2 Å². The highest BCUT2D eigenvalue weighted by atomic mass is 15.4. The van der Waals surface area contributed by atoms with Gasteiger partial charge in [0.15, 0.2) is 0 Å². The Kier molecular flexibility index (Phi) is 3.79. The average Bonchev–Trinajstić information content (AvgIpc) is 3.40. The number of hydrogen-bond donors (Lipinski definition) is 0. The summed E-state index contributed by atoms with van der Waals surface area (Å²) in [6.07, 6.45) is 12.6. The van der Waals surface area contributed by atoms with Crippen LogP contribution in [0.15, 0.2) is 36.9 Å². The van der Waals surface area contributed by atoms with Crippen LogP contribution >= 0.6 is 0 Å². The van der Waals surface area contributed by atoms with E-state index in [4.69, 9.17) is 0 Å². The average molecular weight is 402 g/mol. The van der Waals surface area contributed by atoms with Gasteiger partial charge < -0.3 is 4.90 Å². The van der Waals surface area contributed by atoms with Crippen LogP contribution in [-0.2, 0) is 7.05 Å². The molecule has 7 nitrogen and oxygen atoms in total. The molecule has 3 fully saturated rings. The Morgan fingerprint density at radius 1 is 1.07 bits per heavy atom. The molecule has 0 spiro atoms. The predicted octanol–water partition coefficient (Wildman–Crippen LogP) is 3.08. The van der Waals surface area contributed by atoms with Gasteiger partial charge in [-0.05, 0) is 44.7 Å². The summed E-state index contributed by atoms with van der Waals surface area (Å²) in [4.78, 5) is 5.32. The molecule has 30 heavy (non-hydrogen) atoms. The van der Waals surface area contributed by atoms with Gasteiger partial charge in [0.05, 0.1) is 28.9 Å². The van der Waals surface area contributed by atoms with Gasteiger partial charge in [-0.3, -0.25) is 9.58 Å². The van der Waals surface area contributed by atoms with Gasteiger partial charge in [-0.1, -0.05) is 0 Å². The number of nitrogens with zero attached hydrogens (tertiary/aromatic N) is 7. The van der Waals surface area contributed by atoms with Crippen molar-refractivity contribution in [2.24, 2.45) is 12.5 Å². The molecule has 0 aromatic carbocycles. The molecule has 0 radical (unpaired) electrons. The maximum Gasteiger partial charge on any atom is 0.0886 e. The van der Waals surface area contributed by atoms with Crippen molar-refractivity contribution in [2.75, 3.05) is 18.0 Å². The number of rotatable bonds is 3. The molecular formula is C23H27N7. The van der Waals surface area contributed by atoms with Crippen molar-refractivity contribution in [1.82, 2.24) is 24.3 Å². The van der Waals surface area contributed by atoms with Crippen LogP contribution in [0, 0.1) is 16.7 Å². The first-order valence-corrected chi connectivity index (χ1v) is 10.9. The molecule has 5 heterocycles. The molecule has 1 saturated carbocycles. The van der Waals surface area contributed by atoms with E-state index in [2.05, 4.69) is 51.3 Å². The Labute approximate surface area is 176 Å². The van der Waals surface area contributed by atoms with Gasteiger partial charge >= 0.3 is 0 Å². The fourth-order valence-corrected chi connectivity index (χ4v) is 6.01. The molecule has 2 unspecified atom stereocenters. The smallest absolute Gasteiger partial charge is 0.0886 e.